The fraction of sp³-hybridized carbons (Fsp3) is 0.381. The molecule has 0 bridgehead atoms. The Morgan fingerprint density at radius 3 is 2.72 bits per heavy atom. The first-order valence-electron chi connectivity index (χ1n) is 10.3. The van der Waals surface area contributed by atoms with Crippen molar-refractivity contribution >= 4 is 40.3 Å². The molecule has 32 heavy (non-hydrogen) atoms. The lowest BCUT2D eigenvalue weighted by Gasteiger charge is -2.26. The fourth-order valence-corrected chi connectivity index (χ4v) is 4.10. The number of aromatic amines is 1. The number of aromatic nitrogens is 4. The molecule has 0 unspecified atom stereocenters. The van der Waals surface area contributed by atoms with Gasteiger partial charge in [-0.05, 0) is 49.3 Å². The van der Waals surface area contributed by atoms with Gasteiger partial charge in [0.1, 0.15) is 23.2 Å². The molecule has 2 aromatic heterocycles. The highest BCUT2D eigenvalue weighted by molar-refractivity contribution is 6.30. The van der Waals surface area contributed by atoms with Crippen LogP contribution in [0.5, 0.6) is 0 Å². The smallest absolute Gasteiger partial charge is 0.306 e. The first kappa shape index (κ1) is 21.9. The van der Waals surface area contributed by atoms with E-state index in [2.05, 4.69) is 30.8 Å². The van der Waals surface area contributed by atoms with E-state index in [-0.39, 0.29) is 23.2 Å². The number of nitrogens with zero attached hydrogens (tertiary/aromatic N) is 3. The summed E-state index contributed by atoms with van der Waals surface area (Å²) in [5, 5.41) is 22.1. The summed E-state index contributed by atoms with van der Waals surface area (Å²) in [6.45, 7) is 0.797. The SMILES string of the molecule is O=C(NCc1ccc(F)c(Cl)c1)c1ncnc2c(NC[C@H]3CC[C@H](C(=O)O)CC3)n[nH]c12. The number of halogens is 2. The van der Waals surface area contributed by atoms with E-state index in [1.54, 1.807) is 6.07 Å². The van der Waals surface area contributed by atoms with Crippen molar-refractivity contribution in [3.63, 3.8) is 0 Å². The predicted molar refractivity (Wildman–Crippen MR) is 116 cm³/mol. The molecule has 1 aliphatic rings. The Labute approximate surface area is 187 Å². The Balaban J connectivity index is 1.39. The number of carboxylic acid groups (broad SMARTS) is 1. The molecule has 0 aliphatic heterocycles. The molecule has 4 rings (SSSR count). The summed E-state index contributed by atoms with van der Waals surface area (Å²) >= 11 is 5.78. The van der Waals surface area contributed by atoms with Crippen molar-refractivity contribution in [2.24, 2.45) is 11.8 Å². The lowest BCUT2D eigenvalue weighted by molar-refractivity contribution is -0.143. The van der Waals surface area contributed by atoms with Gasteiger partial charge in [0.05, 0.1) is 10.9 Å². The van der Waals surface area contributed by atoms with Crippen molar-refractivity contribution in [1.29, 1.82) is 0 Å². The van der Waals surface area contributed by atoms with Crippen LogP contribution in [0.1, 0.15) is 41.7 Å². The van der Waals surface area contributed by atoms with Gasteiger partial charge in [-0.1, -0.05) is 17.7 Å². The summed E-state index contributed by atoms with van der Waals surface area (Å²) in [7, 11) is 0. The minimum atomic E-state index is -0.722. The lowest BCUT2D eigenvalue weighted by atomic mass is 9.82. The predicted octanol–water partition coefficient (Wildman–Crippen LogP) is 3.38. The molecule has 168 valence electrons. The number of benzene rings is 1. The van der Waals surface area contributed by atoms with Gasteiger partial charge in [-0.15, -0.1) is 0 Å². The Hall–Kier alpha value is -3.27. The number of aliphatic carboxylic acids is 1. The summed E-state index contributed by atoms with van der Waals surface area (Å²) in [5.41, 5.74) is 1.69. The van der Waals surface area contributed by atoms with Gasteiger partial charge in [0.25, 0.3) is 5.91 Å². The second-order valence-corrected chi connectivity index (χ2v) is 8.29. The van der Waals surface area contributed by atoms with E-state index in [1.165, 1.54) is 18.5 Å². The largest absolute Gasteiger partial charge is 0.481 e. The van der Waals surface area contributed by atoms with Crippen LogP contribution < -0.4 is 10.6 Å². The molecular weight excluding hydrogens is 439 g/mol. The summed E-state index contributed by atoms with van der Waals surface area (Å²) in [6, 6.07) is 4.24. The van der Waals surface area contributed by atoms with Crippen LogP contribution in [0, 0.1) is 17.7 Å². The highest BCUT2D eigenvalue weighted by Crippen LogP contribution is 2.29. The molecule has 2 heterocycles. The molecule has 1 saturated carbocycles. The molecular formula is C21H22ClFN6O3. The molecule has 1 amide bonds. The van der Waals surface area contributed by atoms with Gasteiger partial charge < -0.3 is 15.7 Å². The van der Waals surface area contributed by atoms with Gasteiger partial charge in [-0.3, -0.25) is 14.7 Å². The lowest BCUT2D eigenvalue weighted by Crippen LogP contribution is -2.25. The summed E-state index contributed by atoms with van der Waals surface area (Å²) in [5.74, 6) is -1.06. The monoisotopic (exact) mass is 460 g/mol. The number of amides is 1. The molecule has 4 N–H and O–H groups in total. The van der Waals surface area contributed by atoms with Crippen molar-refractivity contribution in [3.8, 4) is 0 Å². The average molecular weight is 461 g/mol. The summed E-state index contributed by atoms with van der Waals surface area (Å²) in [6.07, 6.45) is 4.32. The highest BCUT2D eigenvalue weighted by atomic mass is 35.5. The number of hydrogen-bond donors (Lipinski definition) is 4. The molecule has 0 atom stereocenters. The normalized spacial score (nSPS) is 18.4. The maximum Gasteiger partial charge on any atom is 0.306 e. The number of carboxylic acids is 1. The second-order valence-electron chi connectivity index (χ2n) is 7.89. The number of anilines is 1. The first-order valence-corrected chi connectivity index (χ1v) is 10.7. The molecule has 11 heteroatoms. The maximum atomic E-state index is 13.3. The quantitative estimate of drug-likeness (QED) is 0.424. The van der Waals surface area contributed by atoms with Gasteiger partial charge in [0, 0.05) is 13.1 Å². The average Bonchev–Trinajstić information content (AvgIpc) is 3.21. The number of carbonyl (C=O) groups excluding carboxylic acids is 1. The van der Waals surface area contributed by atoms with Crippen molar-refractivity contribution in [1.82, 2.24) is 25.5 Å². The Morgan fingerprint density at radius 1 is 1.22 bits per heavy atom. The fourth-order valence-electron chi connectivity index (χ4n) is 3.90. The maximum absolute atomic E-state index is 13.3. The third kappa shape index (κ3) is 4.80. The standard InChI is InChI=1S/C21H22ClFN6O3/c22-14-7-12(3-6-15(14)23)9-25-20(30)18-16-17(26-10-27-18)19(29-28-16)24-8-11-1-4-13(5-2-11)21(31)32/h3,6-7,10-11,13H,1-2,4-5,8-9H2,(H,25,30)(H,31,32)(H2,24,28,29)/t11-,13-. The Bertz CT molecular complexity index is 1150. The number of hydrogen-bond acceptors (Lipinski definition) is 6. The summed E-state index contributed by atoms with van der Waals surface area (Å²) in [4.78, 5) is 32.1. The second kappa shape index (κ2) is 9.47. The van der Waals surface area contributed by atoms with Crippen molar-refractivity contribution in [2.75, 3.05) is 11.9 Å². The van der Waals surface area contributed by atoms with E-state index in [0.717, 1.165) is 12.8 Å². The van der Waals surface area contributed by atoms with Crippen LogP contribution in [0.2, 0.25) is 5.02 Å². The van der Waals surface area contributed by atoms with Crippen LogP contribution >= 0.6 is 11.6 Å². The van der Waals surface area contributed by atoms with Gasteiger partial charge in [-0.25, -0.2) is 14.4 Å². The number of fused-ring (bicyclic) bond motifs is 1. The van der Waals surface area contributed by atoms with Crippen LogP contribution in [-0.4, -0.2) is 43.7 Å². The summed E-state index contributed by atoms with van der Waals surface area (Å²) < 4.78 is 13.3. The highest BCUT2D eigenvalue weighted by Gasteiger charge is 2.26. The third-order valence-electron chi connectivity index (χ3n) is 5.76. The van der Waals surface area contributed by atoms with E-state index in [9.17, 15) is 14.0 Å². The zero-order chi connectivity index (χ0) is 22.7. The topological polar surface area (TPSA) is 133 Å². The first-order chi connectivity index (χ1) is 15.4. The Kier molecular flexibility index (Phi) is 6.50. The van der Waals surface area contributed by atoms with Gasteiger partial charge >= 0.3 is 5.97 Å². The van der Waals surface area contributed by atoms with Crippen molar-refractivity contribution in [3.05, 3.63) is 46.6 Å². The molecule has 0 spiro atoms. The minimum absolute atomic E-state index is 0.0121. The molecule has 0 saturated heterocycles. The third-order valence-corrected chi connectivity index (χ3v) is 6.05. The van der Waals surface area contributed by atoms with E-state index >= 15 is 0 Å². The molecule has 1 aromatic carbocycles. The zero-order valence-corrected chi connectivity index (χ0v) is 17.8. The van der Waals surface area contributed by atoms with Crippen LogP contribution in [0.4, 0.5) is 10.2 Å². The van der Waals surface area contributed by atoms with E-state index < -0.39 is 17.7 Å². The number of nitrogens with one attached hydrogen (secondary N) is 3. The number of rotatable bonds is 7. The number of carbonyl (C=O) groups is 2. The van der Waals surface area contributed by atoms with Crippen LogP contribution in [0.25, 0.3) is 11.0 Å². The van der Waals surface area contributed by atoms with E-state index in [4.69, 9.17) is 16.7 Å². The number of H-pyrrole nitrogens is 1. The van der Waals surface area contributed by atoms with Crippen LogP contribution in [0.15, 0.2) is 24.5 Å². The molecule has 3 aromatic rings. The molecule has 1 fully saturated rings. The van der Waals surface area contributed by atoms with E-state index in [1.807, 2.05) is 0 Å². The molecule has 1 aliphatic carbocycles. The minimum Gasteiger partial charge on any atom is -0.481 e. The Morgan fingerprint density at radius 2 is 2.00 bits per heavy atom. The molecule has 9 nitrogen and oxygen atoms in total. The van der Waals surface area contributed by atoms with Gasteiger partial charge in [0.15, 0.2) is 11.5 Å². The van der Waals surface area contributed by atoms with Gasteiger partial charge in [-0.2, -0.15) is 5.10 Å². The van der Waals surface area contributed by atoms with E-state index in [0.29, 0.717) is 47.7 Å². The van der Waals surface area contributed by atoms with Crippen LogP contribution in [0.3, 0.4) is 0 Å². The van der Waals surface area contributed by atoms with Crippen molar-refractivity contribution in [2.45, 2.75) is 32.2 Å². The van der Waals surface area contributed by atoms with Crippen LogP contribution in [-0.2, 0) is 11.3 Å². The zero-order valence-electron chi connectivity index (χ0n) is 17.1. The van der Waals surface area contributed by atoms with Gasteiger partial charge in [0.2, 0.25) is 0 Å². The van der Waals surface area contributed by atoms with Crippen molar-refractivity contribution < 1.29 is 19.1 Å². The molecule has 0 radical (unpaired) electrons.